The molecule has 0 aromatic rings. The zero-order valence-corrected chi connectivity index (χ0v) is 53.3. The van der Waals surface area contributed by atoms with Crippen LogP contribution in [0.3, 0.4) is 0 Å². The molecule has 0 aromatic heterocycles. The van der Waals surface area contributed by atoms with E-state index in [0.29, 0.717) is 12.8 Å². The molecule has 6 nitrogen and oxygen atoms in total. The Labute approximate surface area is 501 Å². The summed E-state index contributed by atoms with van der Waals surface area (Å²) in [7, 11) is 0. The zero-order valence-electron chi connectivity index (χ0n) is 53.3. The first-order valence-corrected chi connectivity index (χ1v) is 34.4. The van der Waals surface area contributed by atoms with Crippen LogP contribution in [0.2, 0.25) is 0 Å². The van der Waals surface area contributed by atoms with E-state index in [9.17, 15) is 14.4 Å². The lowest BCUT2D eigenvalue weighted by atomic mass is 10.0. The van der Waals surface area contributed by atoms with Gasteiger partial charge in [-0.05, 0) is 109 Å². The summed E-state index contributed by atoms with van der Waals surface area (Å²) in [6.07, 6.45) is 94.0. The third kappa shape index (κ3) is 66.8. The van der Waals surface area contributed by atoms with Crippen LogP contribution in [0.15, 0.2) is 109 Å². The van der Waals surface area contributed by atoms with E-state index in [1.165, 1.54) is 173 Å². The van der Waals surface area contributed by atoms with Gasteiger partial charge in [0.15, 0.2) is 6.10 Å². The van der Waals surface area contributed by atoms with E-state index in [4.69, 9.17) is 14.2 Å². The van der Waals surface area contributed by atoms with Crippen molar-refractivity contribution < 1.29 is 28.6 Å². The summed E-state index contributed by atoms with van der Waals surface area (Å²) in [5, 5.41) is 0. The first kappa shape index (κ1) is 77.1. The van der Waals surface area contributed by atoms with E-state index in [2.05, 4.69) is 130 Å². The highest BCUT2D eigenvalue weighted by molar-refractivity contribution is 5.71. The average Bonchev–Trinajstić information content (AvgIpc) is 3.47. The third-order valence-electron chi connectivity index (χ3n) is 14.8. The minimum atomic E-state index is -0.797. The van der Waals surface area contributed by atoms with Gasteiger partial charge < -0.3 is 14.2 Å². The second-order valence-electron chi connectivity index (χ2n) is 22.7. The van der Waals surface area contributed by atoms with Crippen LogP contribution >= 0.6 is 0 Å². The van der Waals surface area contributed by atoms with Crippen LogP contribution in [0.5, 0.6) is 0 Å². The number of carbonyl (C=O) groups excluding carboxylic acids is 3. The fourth-order valence-electron chi connectivity index (χ4n) is 9.63. The van der Waals surface area contributed by atoms with E-state index in [1.807, 2.05) is 0 Å². The summed E-state index contributed by atoms with van der Waals surface area (Å²) < 4.78 is 16.9. The maximum Gasteiger partial charge on any atom is 0.306 e. The highest BCUT2D eigenvalue weighted by atomic mass is 16.6. The molecule has 6 heteroatoms. The topological polar surface area (TPSA) is 78.9 Å². The molecule has 0 fully saturated rings. The molecule has 0 N–H and O–H groups in total. The van der Waals surface area contributed by atoms with Gasteiger partial charge in [0.2, 0.25) is 0 Å². The molecule has 1 unspecified atom stereocenters. The monoisotopic (exact) mass is 1120 g/mol. The summed E-state index contributed by atoms with van der Waals surface area (Å²) >= 11 is 0. The normalized spacial score (nSPS) is 12.8. The molecule has 0 saturated carbocycles. The largest absolute Gasteiger partial charge is 0.462 e. The molecule has 0 saturated heterocycles. The molecule has 0 radical (unpaired) electrons. The molecule has 1 atom stereocenters. The van der Waals surface area contributed by atoms with Crippen molar-refractivity contribution in [3.8, 4) is 0 Å². The van der Waals surface area contributed by atoms with Gasteiger partial charge in [-0.15, -0.1) is 0 Å². The Morgan fingerprint density at radius 2 is 0.481 bits per heavy atom. The Hall–Kier alpha value is -3.93. The molecule has 0 rings (SSSR count). The van der Waals surface area contributed by atoms with Crippen molar-refractivity contribution in [2.24, 2.45) is 0 Å². The second kappa shape index (κ2) is 68.6. The van der Waals surface area contributed by atoms with Crippen LogP contribution < -0.4 is 0 Å². The van der Waals surface area contributed by atoms with Crippen molar-refractivity contribution >= 4 is 17.9 Å². The first-order valence-electron chi connectivity index (χ1n) is 34.4. The van der Waals surface area contributed by atoms with Crippen molar-refractivity contribution in [3.05, 3.63) is 109 Å². The van der Waals surface area contributed by atoms with Crippen LogP contribution in [0.4, 0.5) is 0 Å². The number of hydrogen-bond acceptors (Lipinski definition) is 6. The number of allylic oxidation sites excluding steroid dienone is 18. The molecule has 0 heterocycles. The molecule has 0 aromatic carbocycles. The fourth-order valence-corrected chi connectivity index (χ4v) is 9.63. The number of hydrogen-bond donors (Lipinski definition) is 0. The van der Waals surface area contributed by atoms with E-state index in [0.717, 1.165) is 116 Å². The van der Waals surface area contributed by atoms with Gasteiger partial charge in [-0.3, -0.25) is 14.4 Å². The summed E-state index contributed by atoms with van der Waals surface area (Å²) in [5.41, 5.74) is 0. The van der Waals surface area contributed by atoms with Crippen molar-refractivity contribution in [2.45, 2.75) is 335 Å². The number of ether oxygens (including phenoxy) is 3. The lowest BCUT2D eigenvalue weighted by molar-refractivity contribution is -0.167. The van der Waals surface area contributed by atoms with Crippen LogP contribution in [-0.2, 0) is 28.6 Å². The molecule has 0 amide bonds. The van der Waals surface area contributed by atoms with Crippen molar-refractivity contribution in [3.63, 3.8) is 0 Å². The predicted molar refractivity (Wildman–Crippen MR) is 353 cm³/mol. The number of rotatable bonds is 62. The van der Waals surface area contributed by atoms with Crippen LogP contribution in [0.1, 0.15) is 329 Å². The molecule has 0 aliphatic heterocycles. The third-order valence-corrected chi connectivity index (χ3v) is 14.8. The minimum absolute atomic E-state index is 0.0895. The van der Waals surface area contributed by atoms with Gasteiger partial charge in [-0.1, -0.05) is 310 Å². The maximum absolute atomic E-state index is 12.9. The van der Waals surface area contributed by atoms with Crippen LogP contribution in [0.25, 0.3) is 0 Å². The summed E-state index contributed by atoms with van der Waals surface area (Å²) in [5.74, 6) is -0.912. The van der Waals surface area contributed by atoms with Gasteiger partial charge in [-0.25, -0.2) is 0 Å². The Kier molecular flexibility index (Phi) is 65.2. The van der Waals surface area contributed by atoms with E-state index in [-0.39, 0.29) is 37.5 Å². The average molecular weight is 1130 g/mol. The highest BCUT2D eigenvalue weighted by Gasteiger charge is 2.19. The Balaban J connectivity index is 4.31. The summed E-state index contributed by atoms with van der Waals surface area (Å²) in [6.45, 7) is 6.51. The van der Waals surface area contributed by atoms with Crippen LogP contribution in [-0.4, -0.2) is 37.2 Å². The molecular weight excluding hydrogens is 997 g/mol. The van der Waals surface area contributed by atoms with Crippen molar-refractivity contribution in [2.75, 3.05) is 13.2 Å². The Morgan fingerprint density at radius 3 is 0.765 bits per heavy atom. The number of unbranched alkanes of at least 4 members (excludes halogenated alkanes) is 33. The van der Waals surface area contributed by atoms with Gasteiger partial charge in [0.25, 0.3) is 0 Å². The van der Waals surface area contributed by atoms with E-state index in [1.54, 1.807) is 0 Å². The van der Waals surface area contributed by atoms with Gasteiger partial charge in [0, 0.05) is 19.3 Å². The van der Waals surface area contributed by atoms with Gasteiger partial charge in [0.05, 0.1) is 0 Å². The molecule has 464 valence electrons. The molecule has 81 heavy (non-hydrogen) atoms. The number of esters is 3. The molecule has 0 bridgehead atoms. The molecule has 0 aliphatic rings. The number of carbonyl (C=O) groups is 3. The highest BCUT2D eigenvalue weighted by Crippen LogP contribution is 2.17. The Morgan fingerprint density at radius 1 is 0.259 bits per heavy atom. The maximum atomic E-state index is 12.9. The van der Waals surface area contributed by atoms with Gasteiger partial charge in [-0.2, -0.15) is 0 Å². The SMILES string of the molecule is CC/C=C\C/C=C\C/C=C\C/C=C\C/C=C\C/C=C\C/C=C\CCCCCC(=O)OC(COC(=O)CCCCCCCCCCCCC)COC(=O)CCCCCCCCCCCCCCCCC/C=C\C/C=C\CCCCCCC. The van der Waals surface area contributed by atoms with Crippen LogP contribution in [0, 0.1) is 0 Å². The molecule has 0 spiro atoms. The molecular formula is C75H128O6. The predicted octanol–water partition coefficient (Wildman–Crippen LogP) is 23.8. The standard InChI is InChI=1S/C75H128O6/c1-4-7-10-13-16-19-22-24-26-28-30-32-34-36-37-39-40-42-44-46-48-50-53-56-59-62-65-68-74(77)80-71-72(70-79-73(76)67-64-61-58-55-52-21-18-15-12-9-6-3)81-75(78)69-66-63-60-57-54-51-49-47-45-43-41-38-35-33-31-29-27-25-23-20-17-14-11-8-5-2/h8,11,17,20,22,24-25,27-28,30-31,33,38,41,45,47,51,54,72H,4-7,9-10,12-16,18-19,21,23,26,29,32,34-37,39-40,42-44,46,48-50,52-53,55-71H2,1-3H3/b11-8-,20-17-,24-22-,27-25-,30-28-,33-31-,41-38-,47-45-,54-51-. The quantitative estimate of drug-likeness (QED) is 0.0261. The van der Waals surface area contributed by atoms with Gasteiger partial charge >= 0.3 is 17.9 Å². The smallest absolute Gasteiger partial charge is 0.306 e. The zero-order chi connectivity index (χ0) is 58.5. The van der Waals surface area contributed by atoms with Gasteiger partial charge in [0.1, 0.15) is 13.2 Å². The lowest BCUT2D eigenvalue weighted by Crippen LogP contribution is -2.30. The van der Waals surface area contributed by atoms with Crippen molar-refractivity contribution in [1.82, 2.24) is 0 Å². The van der Waals surface area contributed by atoms with E-state index < -0.39 is 6.10 Å². The molecule has 0 aliphatic carbocycles. The summed E-state index contributed by atoms with van der Waals surface area (Å²) in [4.78, 5) is 38.3. The second-order valence-corrected chi connectivity index (χ2v) is 22.7. The van der Waals surface area contributed by atoms with E-state index >= 15 is 0 Å². The lowest BCUT2D eigenvalue weighted by Gasteiger charge is -2.18. The fraction of sp³-hybridized carbons (Fsp3) is 0.720. The Bertz CT molecular complexity index is 1620. The summed E-state index contributed by atoms with van der Waals surface area (Å²) in [6, 6.07) is 0. The minimum Gasteiger partial charge on any atom is -0.462 e. The first-order chi connectivity index (χ1) is 40.0. The van der Waals surface area contributed by atoms with Crippen molar-refractivity contribution in [1.29, 1.82) is 0 Å².